The third-order valence-corrected chi connectivity index (χ3v) is 7.13. The van der Waals surface area contributed by atoms with E-state index in [0.29, 0.717) is 18.8 Å². The minimum absolute atomic E-state index is 0.0526. The summed E-state index contributed by atoms with van der Waals surface area (Å²) in [5.74, 6) is 0.928. The standard InChI is InChI=1S/C24H35NO6/c1-16(27)24(2)15-25(20(11-12-26)23(28)30-4)14-19(24)17-9-10-21(29-3)22(13-17)31-18-7-5-6-8-18/h9-10,12-13,16,18-20,27H,5-8,11,14-15H2,1-4H3/t16-,19+,20?,24+/m1/s1. The normalized spacial score (nSPS) is 26.4. The third kappa shape index (κ3) is 4.88. The minimum atomic E-state index is -0.655. The van der Waals surface area contributed by atoms with Crippen molar-refractivity contribution in [3.05, 3.63) is 23.8 Å². The van der Waals surface area contributed by atoms with Gasteiger partial charge in [-0.15, -0.1) is 0 Å². The monoisotopic (exact) mass is 433 g/mol. The summed E-state index contributed by atoms with van der Waals surface area (Å²) in [7, 11) is 2.96. The lowest BCUT2D eigenvalue weighted by Gasteiger charge is -2.34. The molecule has 1 aromatic rings. The van der Waals surface area contributed by atoms with E-state index in [1.807, 2.05) is 30.0 Å². The zero-order valence-electron chi connectivity index (χ0n) is 19.0. The molecule has 1 aliphatic heterocycles. The summed E-state index contributed by atoms with van der Waals surface area (Å²) in [6.45, 7) is 4.82. The number of hydrogen-bond acceptors (Lipinski definition) is 7. The van der Waals surface area contributed by atoms with Crippen molar-refractivity contribution in [2.45, 2.75) is 70.1 Å². The Morgan fingerprint density at radius 2 is 2.00 bits per heavy atom. The summed E-state index contributed by atoms with van der Waals surface area (Å²) < 4.78 is 16.7. The molecule has 0 bridgehead atoms. The Morgan fingerprint density at radius 1 is 1.29 bits per heavy atom. The molecule has 1 aliphatic carbocycles. The Bertz CT molecular complexity index is 775. The van der Waals surface area contributed by atoms with Gasteiger partial charge in [0, 0.05) is 30.8 Å². The van der Waals surface area contributed by atoms with Crippen molar-refractivity contribution in [1.82, 2.24) is 4.90 Å². The van der Waals surface area contributed by atoms with Crippen LogP contribution in [0.5, 0.6) is 11.5 Å². The number of esters is 1. The lowest BCUT2D eigenvalue weighted by Crippen LogP contribution is -2.43. The minimum Gasteiger partial charge on any atom is -0.493 e. The van der Waals surface area contributed by atoms with E-state index in [4.69, 9.17) is 14.2 Å². The van der Waals surface area contributed by atoms with E-state index >= 15 is 0 Å². The van der Waals surface area contributed by atoms with Crippen LogP contribution in [0.1, 0.15) is 57.4 Å². The molecule has 0 spiro atoms. The van der Waals surface area contributed by atoms with Crippen LogP contribution < -0.4 is 9.47 Å². The lowest BCUT2D eigenvalue weighted by molar-refractivity contribution is -0.147. The van der Waals surface area contributed by atoms with Gasteiger partial charge in [0.15, 0.2) is 11.5 Å². The lowest BCUT2D eigenvalue weighted by atomic mass is 9.72. The Kier molecular flexibility index (Phi) is 7.59. The predicted octanol–water partition coefficient (Wildman–Crippen LogP) is 2.93. The summed E-state index contributed by atoms with van der Waals surface area (Å²) in [5.41, 5.74) is 0.517. The molecule has 31 heavy (non-hydrogen) atoms. The molecule has 1 saturated carbocycles. The van der Waals surface area contributed by atoms with Gasteiger partial charge < -0.3 is 24.1 Å². The largest absolute Gasteiger partial charge is 0.493 e. The van der Waals surface area contributed by atoms with Crippen LogP contribution in [-0.2, 0) is 14.3 Å². The number of nitrogens with zero attached hydrogens (tertiary/aromatic N) is 1. The van der Waals surface area contributed by atoms with Crippen molar-refractivity contribution in [2.24, 2.45) is 5.41 Å². The van der Waals surface area contributed by atoms with Crippen molar-refractivity contribution in [1.29, 1.82) is 0 Å². The molecule has 2 aliphatic rings. The van der Waals surface area contributed by atoms with Crippen LogP contribution in [0.2, 0.25) is 0 Å². The van der Waals surface area contributed by atoms with E-state index in [0.717, 1.165) is 30.4 Å². The molecular weight excluding hydrogens is 398 g/mol. The maximum absolute atomic E-state index is 12.3. The van der Waals surface area contributed by atoms with Crippen molar-refractivity contribution in [3.63, 3.8) is 0 Å². The Balaban J connectivity index is 1.93. The average molecular weight is 434 g/mol. The molecule has 4 atom stereocenters. The number of carbonyl (C=O) groups is 2. The molecule has 1 heterocycles. The van der Waals surface area contributed by atoms with Crippen LogP contribution in [0.4, 0.5) is 0 Å². The molecule has 7 nitrogen and oxygen atoms in total. The van der Waals surface area contributed by atoms with Gasteiger partial charge in [-0.2, -0.15) is 0 Å². The summed E-state index contributed by atoms with van der Waals surface area (Å²) in [5, 5.41) is 10.7. The van der Waals surface area contributed by atoms with Crippen LogP contribution in [-0.4, -0.2) is 67.8 Å². The molecule has 1 unspecified atom stereocenters. The second-order valence-electron chi connectivity index (χ2n) is 9.04. The maximum Gasteiger partial charge on any atom is 0.323 e. The first kappa shape index (κ1) is 23.5. The van der Waals surface area contributed by atoms with Gasteiger partial charge in [-0.05, 0) is 50.3 Å². The van der Waals surface area contributed by atoms with Crippen molar-refractivity contribution in [3.8, 4) is 11.5 Å². The first-order chi connectivity index (χ1) is 14.8. The van der Waals surface area contributed by atoms with Crippen molar-refractivity contribution >= 4 is 12.3 Å². The molecule has 0 aromatic heterocycles. The second-order valence-corrected chi connectivity index (χ2v) is 9.04. The summed E-state index contributed by atoms with van der Waals surface area (Å²) in [4.78, 5) is 25.5. The van der Waals surface area contributed by atoms with E-state index in [-0.39, 0.29) is 18.4 Å². The predicted molar refractivity (Wildman–Crippen MR) is 116 cm³/mol. The molecule has 7 heteroatoms. The highest BCUT2D eigenvalue weighted by molar-refractivity contribution is 5.78. The molecule has 172 valence electrons. The highest BCUT2D eigenvalue weighted by Crippen LogP contribution is 2.47. The van der Waals surface area contributed by atoms with Crippen molar-refractivity contribution in [2.75, 3.05) is 27.3 Å². The molecule has 1 N–H and O–H groups in total. The van der Waals surface area contributed by atoms with Gasteiger partial charge in [0.05, 0.1) is 26.4 Å². The van der Waals surface area contributed by atoms with Crippen LogP contribution in [0.15, 0.2) is 18.2 Å². The highest BCUT2D eigenvalue weighted by Gasteiger charge is 2.49. The first-order valence-electron chi connectivity index (χ1n) is 11.1. The number of aldehydes is 1. The second kappa shape index (κ2) is 10.0. The van der Waals surface area contributed by atoms with Gasteiger partial charge in [-0.1, -0.05) is 13.0 Å². The van der Waals surface area contributed by atoms with Crippen LogP contribution in [0.3, 0.4) is 0 Å². The van der Waals surface area contributed by atoms with Crippen molar-refractivity contribution < 1.29 is 28.9 Å². The van der Waals surface area contributed by atoms with E-state index in [9.17, 15) is 14.7 Å². The van der Waals surface area contributed by atoms with Gasteiger partial charge in [-0.3, -0.25) is 9.69 Å². The van der Waals surface area contributed by atoms with Gasteiger partial charge in [0.1, 0.15) is 12.3 Å². The van der Waals surface area contributed by atoms with E-state index in [1.165, 1.54) is 20.0 Å². The maximum atomic E-state index is 12.3. The van der Waals surface area contributed by atoms with Gasteiger partial charge in [0.2, 0.25) is 0 Å². The molecule has 1 saturated heterocycles. The third-order valence-electron chi connectivity index (χ3n) is 7.13. The van der Waals surface area contributed by atoms with Gasteiger partial charge in [-0.25, -0.2) is 0 Å². The Morgan fingerprint density at radius 3 is 2.58 bits per heavy atom. The SMILES string of the molecule is COC(=O)C(CC=O)N1C[C@@H](c2ccc(OC)c(OC3CCCC3)c2)[C@](C)([C@@H](C)O)C1. The Labute approximate surface area is 184 Å². The molecule has 3 rings (SSSR count). The Hall–Kier alpha value is -2.12. The number of carbonyl (C=O) groups excluding carboxylic acids is 2. The molecule has 2 fully saturated rings. The number of hydrogen-bond donors (Lipinski definition) is 1. The summed E-state index contributed by atoms with van der Waals surface area (Å²) >= 11 is 0. The number of methoxy groups -OCH3 is 2. The number of aliphatic hydroxyl groups is 1. The first-order valence-corrected chi connectivity index (χ1v) is 11.1. The number of ether oxygens (including phenoxy) is 3. The summed E-state index contributed by atoms with van der Waals surface area (Å²) in [6.07, 6.45) is 4.84. The fraction of sp³-hybridized carbons (Fsp3) is 0.667. The quantitative estimate of drug-likeness (QED) is 0.473. The van der Waals surface area contributed by atoms with Crippen LogP contribution in [0.25, 0.3) is 0 Å². The smallest absolute Gasteiger partial charge is 0.323 e. The molecule has 0 radical (unpaired) electrons. The molecule has 0 amide bonds. The fourth-order valence-corrected chi connectivity index (χ4v) is 5.01. The topological polar surface area (TPSA) is 85.3 Å². The fourth-order valence-electron chi connectivity index (χ4n) is 5.01. The molecular formula is C24H35NO6. The van der Waals surface area contributed by atoms with E-state index in [2.05, 4.69) is 0 Å². The van der Waals surface area contributed by atoms with Crippen LogP contribution >= 0.6 is 0 Å². The number of likely N-dealkylation sites (tertiary alicyclic amines) is 1. The number of aliphatic hydroxyl groups excluding tert-OH is 1. The van der Waals surface area contributed by atoms with Gasteiger partial charge in [0.25, 0.3) is 0 Å². The van der Waals surface area contributed by atoms with E-state index in [1.54, 1.807) is 14.0 Å². The number of rotatable bonds is 9. The average Bonchev–Trinajstić information content (AvgIpc) is 3.39. The number of benzene rings is 1. The van der Waals surface area contributed by atoms with E-state index < -0.39 is 23.5 Å². The molecule has 1 aromatic carbocycles. The summed E-state index contributed by atoms with van der Waals surface area (Å²) in [6, 6.07) is 5.27. The van der Waals surface area contributed by atoms with Crippen LogP contribution in [0, 0.1) is 5.41 Å². The zero-order valence-corrected chi connectivity index (χ0v) is 19.0. The highest BCUT2D eigenvalue weighted by atomic mass is 16.5. The zero-order chi connectivity index (χ0) is 22.6. The van der Waals surface area contributed by atoms with Gasteiger partial charge >= 0.3 is 5.97 Å².